The number of carbonyl (C=O) groups is 1. The Morgan fingerprint density at radius 2 is 1.95 bits per heavy atom. The fourth-order valence-electron chi connectivity index (χ4n) is 2.34. The van der Waals surface area contributed by atoms with Gasteiger partial charge in [-0.15, -0.1) is 0 Å². The molecule has 2 unspecified atom stereocenters. The number of carbonyl (C=O) groups excluding carboxylic acids is 1. The van der Waals surface area contributed by atoms with Gasteiger partial charge in [-0.05, 0) is 29.9 Å². The molecule has 0 saturated heterocycles. The molecule has 0 bridgehead atoms. The first-order chi connectivity index (χ1) is 9.73. The highest BCUT2D eigenvalue weighted by Gasteiger charge is 2.36. The zero-order chi connectivity index (χ0) is 16.2. The molecule has 0 amide bonds. The summed E-state index contributed by atoms with van der Waals surface area (Å²) in [5, 5.41) is 0. The van der Waals surface area contributed by atoms with Crippen molar-refractivity contribution in [1.82, 2.24) is 0 Å². The molecule has 21 heavy (non-hydrogen) atoms. The van der Waals surface area contributed by atoms with Gasteiger partial charge >= 0.3 is 5.97 Å². The summed E-state index contributed by atoms with van der Waals surface area (Å²) < 4.78 is 10.5. The molecule has 1 aromatic carbocycles. The van der Waals surface area contributed by atoms with Gasteiger partial charge in [-0.25, -0.2) is 0 Å². The highest BCUT2D eigenvalue weighted by molar-refractivity contribution is 5.82. The Morgan fingerprint density at radius 1 is 1.33 bits per heavy atom. The number of methoxy groups -OCH3 is 1. The number of nitrogens with two attached hydrogens (primary N) is 1. The minimum atomic E-state index is -0.403. The van der Waals surface area contributed by atoms with Gasteiger partial charge in [0.1, 0.15) is 5.75 Å². The van der Waals surface area contributed by atoms with E-state index in [4.69, 9.17) is 15.2 Å². The summed E-state index contributed by atoms with van der Waals surface area (Å²) in [5.41, 5.74) is 7.41. The van der Waals surface area contributed by atoms with Crippen LogP contribution in [0.15, 0.2) is 18.2 Å². The van der Waals surface area contributed by atoms with Crippen LogP contribution in [0.1, 0.15) is 46.1 Å². The Hall–Kier alpha value is -1.71. The van der Waals surface area contributed by atoms with Crippen molar-refractivity contribution in [2.24, 2.45) is 11.3 Å². The van der Waals surface area contributed by atoms with Gasteiger partial charge in [-0.2, -0.15) is 0 Å². The van der Waals surface area contributed by atoms with Gasteiger partial charge in [-0.3, -0.25) is 4.79 Å². The summed E-state index contributed by atoms with van der Waals surface area (Å²) in [7, 11) is 1.57. The molecule has 2 atom stereocenters. The highest BCUT2D eigenvalue weighted by atomic mass is 16.5. The molecule has 0 spiro atoms. The molecule has 4 heteroatoms. The standard InChI is InChI=1S/C17H27NO3/c1-7-21-16(19)14(11(2)17(3,4)5)12-9-8-10-13(20-6)15(12)18/h8-11,14H,7,18H2,1-6H3. The number of ether oxygens (including phenoxy) is 2. The van der Waals surface area contributed by atoms with Gasteiger partial charge in [0.2, 0.25) is 0 Å². The lowest BCUT2D eigenvalue weighted by Gasteiger charge is -2.34. The monoisotopic (exact) mass is 293 g/mol. The third kappa shape index (κ3) is 3.90. The smallest absolute Gasteiger partial charge is 0.313 e. The fourth-order valence-corrected chi connectivity index (χ4v) is 2.34. The van der Waals surface area contributed by atoms with E-state index in [2.05, 4.69) is 27.7 Å². The van der Waals surface area contributed by atoms with Crippen LogP contribution in [-0.2, 0) is 9.53 Å². The van der Waals surface area contributed by atoms with Crippen molar-refractivity contribution < 1.29 is 14.3 Å². The Balaban J connectivity index is 3.34. The van der Waals surface area contributed by atoms with E-state index < -0.39 is 5.92 Å². The second kappa shape index (κ2) is 6.83. The minimum absolute atomic E-state index is 0.0487. The number of rotatable bonds is 5. The van der Waals surface area contributed by atoms with Gasteiger partial charge in [0.05, 0.1) is 25.3 Å². The van der Waals surface area contributed by atoms with Crippen molar-refractivity contribution in [3.05, 3.63) is 23.8 Å². The van der Waals surface area contributed by atoms with Gasteiger partial charge in [0.15, 0.2) is 0 Å². The summed E-state index contributed by atoms with van der Waals surface area (Å²) in [6.07, 6.45) is 0. The molecule has 0 heterocycles. The van der Waals surface area contributed by atoms with Crippen molar-refractivity contribution >= 4 is 11.7 Å². The second-order valence-corrected chi connectivity index (χ2v) is 6.35. The summed E-state index contributed by atoms with van der Waals surface area (Å²) >= 11 is 0. The first-order valence-electron chi connectivity index (χ1n) is 7.33. The van der Waals surface area contributed by atoms with E-state index in [1.54, 1.807) is 13.2 Å². The quantitative estimate of drug-likeness (QED) is 0.665. The molecule has 118 valence electrons. The lowest BCUT2D eigenvalue weighted by atomic mass is 9.71. The van der Waals surface area contributed by atoms with E-state index in [0.717, 1.165) is 5.56 Å². The summed E-state index contributed by atoms with van der Waals surface area (Å²) in [5.74, 6) is 0.0220. The maximum Gasteiger partial charge on any atom is 0.313 e. The van der Waals surface area contributed by atoms with Crippen molar-refractivity contribution in [2.45, 2.75) is 40.5 Å². The van der Waals surface area contributed by atoms with E-state index in [9.17, 15) is 4.79 Å². The average molecular weight is 293 g/mol. The van der Waals surface area contributed by atoms with Gasteiger partial charge in [-0.1, -0.05) is 39.8 Å². The van der Waals surface area contributed by atoms with E-state index in [1.807, 2.05) is 19.1 Å². The van der Waals surface area contributed by atoms with E-state index in [0.29, 0.717) is 18.0 Å². The molecule has 0 saturated carbocycles. The molecule has 0 aliphatic carbocycles. The molecule has 1 rings (SSSR count). The zero-order valence-electron chi connectivity index (χ0n) is 13.9. The average Bonchev–Trinajstić information content (AvgIpc) is 2.40. The number of hydrogen-bond acceptors (Lipinski definition) is 4. The predicted molar refractivity (Wildman–Crippen MR) is 85.4 cm³/mol. The number of anilines is 1. The number of hydrogen-bond donors (Lipinski definition) is 1. The molecule has 0 aliphatic rings. The Morgan fingerprint density at radius 3 is 2.43 bits per heavy atom. The van der Waals surface area contributed by atoms with Gasteiger partial charge in [0.25, 0.3) is 0 Å². The van der Waals surface area contributed by atoms with Crippen molar-refractivity contribution in [3.8, 4) is 5.75 Å². The number of nitrogen functional groups attached to an aromatic ring is 1. The topological polar surface area (TPSA) is 61.5 Å². The van der Waals surface area contributed by atoms with Crippen LogP contribution in [0.2, 0.25) is 0 Å². The number of esters is 1. The molecular formula is C17H27NO3. The van der Waals surface area contributed by atoms with Crippen LogP contribution in [0.4, 0.5) is 5.69 Å². The van der Waals surface area contributed by atoms with Crippen LogP contribution in [-0.4, -0.2) is 19.7 Å². The first-order valence-corrected chi connectivity index (χ1v) is 7.33. The van der Waals surface area contributed by atoms with E-state index >= 15 is 0 Å². The van der Waals surface area contributed by atoms with Crippen LogP contribution in [0.5, 0.6) is 5.75 Å². The number of benzene rings is 1. The maximum atomic E-state index is 12.5. The highest BCUT2D eigenvalue weighted by Crippen LogP contribution is 2.42. The molecule has 0 fully saturated rings. The lowest BCUT2D eigenvalue weighted by molar-refractivity contribution is -0.147. The summed E-state index contributed by atoms with van der Waals surface area (Å²) in [4.78, 5) is 12.5. The third-order valence-corrected chi connectivity index (χ3v) is 4.06. The molecule has 0 radical (unpaired) electrons. The van der Waals surface area contributed by atoms with Gasteiger partial charge in [0, 0.05) is 0 Å². The largest absolute Gasteiger partial charge is 0.495 e. The molecule has 1 aromatic rings. The summed E-state index contributed by atoms with van der Waals surface area (Å²) in [6, 6.07) is 5.52. The van der Waals surface area contributed by atoms with E-state index in [-0.39, 0.29) is 17.3 Å². The third-order valence-electron chi connectivity index (χ3n) is 4.06. The summed E-state index contributed by atoms with van der Waals surface area (Å²) in [6.45, 7) is 10.6. The maximum absolute atomic E-state index is 12.5. The Bertz CT molecular complexity index is 491. The molecule has 0 aliphatic heterocycles. The normalized spacial score (nSPS) is 14.4. The van der Waals surface area contributed by atoms with Crippen molar-refractivity contribution in [1.29, 1.82) is 0 Å². The van der Waals surface area contributed by atoms with Crippen LogP contribution >= 0.6 is 0 Å². The lowest BCUT2D eigenvalue weighted by Crippen LogP contribution is -2.31. The molecule has 0 aromatic heterocycles. The minimum Gasteiger partial charge on any atom is -0.495 e. The van der Waals surface area contributed by atoms with Crippen molar-refractivity contribution in [2.75, 3.05) is 19.5 Å². The first kappa shape index (κ1) is 17.3. The number of para-hydroxylation sites is 1. The molecule has 2 N–H and O–H groups in total. The Labute approximate surface area is 127 Å². The van der Waals surface area contributed by atoms with Crippen LogP contribution in [0, 0.1) is 11.3 Å². The van der Waals surface area contributed by atoms with Crippen LogP contribution in [0.3, 0.4) is 0 Å². The predicted octanol–water partition coefficient (Wildman–Crippen LogP) is 3.61. The zero-order valence-corrected chi connectivity index (χ0v) is 13.9. The Kier molecular flexibility index (Phi) is 5.64. The van der Waals surface area contributed by atoms with E-state index in [1.165, 1.54) is 0 Å². The fraction of sp³-hybridized carbons (Fsp3) is 0.588. The SMILES string of the molecule is CCOC(=O)C(c1cccc(OC)c1N)C(C)C(C)(C)C. The van der Waals surface area contributed by atoms with Gasteiger partial charge < -0.3 is 15.2 Å². The second-order valence-electron chi connectivity index (χ2n) is 6.35. The van der Waals surface area contributed by atoms with Crippen LogP contribution in [0.25, 0.3) is 0 Å². The van der Waals surface area contributed by atoms with Crippen LogP contribution < -0.4 is 10.5 Å². The molecule has 4 nitrogen and oxygen atoms in total. The molecular weight excluding hydrogens is 266 g/mol. The van der Waals surface area contributed by atoms with Crippen molar-refractivity contribution in [3.63, 3.8) is 0 Å².